The molecule has 0 aliphatic heterocycles. The molecule has 0 spiro atoms. The van der Waals surface area contributed by atoms with Gasteiger partial charge in [0.25, 0.3) is 0 Å². The van der Waals surface area contributed by atoms with E-state index in [0.29, 0.717) is 16.0 Å². The van der Waals surface area contributed by atoms with Gasteiger partial charge in [-0.25, -0.2) is 9.18 Å². The molecule has 0 aliphatic rings. The van der Waals surface area contributed by atoms with E-state index in [9.17, 15) is 19.1 Å². The zero-order valence-corrected chi connectivity index (χ0v) is 14.2. The second-order valence-electron chi connectivity index (χ2n) is 5.15. The van der Waals surface area contributed by atoms with Gasteiger partial charge in [0.15, 0.2) is 0 Å². The minimum Gasteiger partial charge on any atom is -0.489 e. The van der Waals surface area contributed by atoms with Gasteiger partial charge in [-0.05, 0) is 36.4 Å². The van der Waals surface area contributed by atoms with E-state index in [2.05, 4.69) is 0 Å². The molecule has 5 nitrogen and oxygen atoms in total. The van der Waals surface area contributed by atoms with Crippen LogP contribution in [0.2, 0.25) is 5.02 Å². The van der Waals surface area contributed by atoms with Crippen molar-refractivity contribution in [3.05, 3.63) is 63.2 Å². The standard InChI is InChI=1S/C17H11ClFNO4S/c18-9-5-12(19)14-11(15(17(22)23)25-13(14)6-9)7-24-10-3-1-8(2-4-10)16(20)21/h1-6H,7H2,(H2,20,21)(H,22,23). The summed E-state index contributed by atoms with van der Waals surface area (Å²) in [4.78, 5) is 22.5. The van der Waals surface area contributed by atoms with Gasteiger partial charge >= 0.3 is 5.97 Å². The average molecular weight is 380 g/mol. The van der Waals surface area contributed by atoms with Crippen molar-refractivity contribution in [1.29, 1.82) is 0 Å². The number of hydrogen-bond donors (Lipinski definition) is 2. The molecule has 3 rings (SSSR count). The lowest BCUT2D eigenvalue weighted by Gasteiger charge is -2.08. The van der Waals surface area contributed by atoms with Gasteiger partial charge in [0.05, 0.1) is 0 Å². The highest BCUT2D eigenvalue weighted by molar-refractivity contribution is 7.21. The topological polar surface area (TPSA) is 89.6 Å². The van der Waals surface area contributed by atoms with Crippen LogP contribution in [0.15, 0.2) is 36.4 Å². The second-order valence-corrected chi connectivity index (χ2v) is 6.64. The number of primary amides is 1. The average Bonchev–Trinajstić information content (AvgIpc) is 2.92. The maximum atomic E-state index is 14.3. The van der Waals surface area contributed by atoms with Crippen molar-refractivity contribution in [2.24, 2.45) is 5.73 Å². The number of halogens is 2. The van der Waals surface area contributed by atoms with E-state index in [1.54, 1.807) is 0 Å². The normalized spacial score (nSPS) is 10.8. The maximum absolute atomic E-state index is 14.3. The second kappa shape index (κ2) is 6.70. The van der Waals surface area contributed by atoms with Gasteiger partial charge in [0.2, 0.25) is 5.91 Å². The molecule has 25 heavy (non-hydrogen) atoms. The molecule has 1 amide bonds. The molecule has 3 aromatic rings. The first-order chi connectivity index (χ1) is 11.9. The van der Waals surface area contributed by atoms with Crippen LogP contribution < -0.4 is 10.5 Å². The Bertz CT molecular complexity index is 984. The molecule has 0 saturated heterocycles. The summed E-state index contributed by atoms with van der Waals surface area (Å²) >= 11 is 6.77. The van der Waals surface area contributed by atoms with Crippen molar-refractivity contribution in [1.82, 2.24) is 0 Å². The number of hydrogen-bond acceptors (Lipinski definition) is 4. The zero-order chi connectivity index (χ0) is 18.1. The number of carbonyl (C=O) groups excluding carboxylic acids is 1. The van der Waals surface area contributed by atoms with Crippen LogP contribution in [0.1, 0.15) is 25.6 Å². The number of aromatic carboxylic acids is 1. The Hall–Kier alpha value is -2.64. The molecule has 0 bridgehead atoms. The molecule has 3 N–H and O–H groups in total. The summed E-state index contributed by atoms with van der Waals surface area (Å²) in [5.74, 6) is -1.94. The number of rotatable bonds is 5. The van der Waals surface area contributed by atoms with E-state index < -0.39 is 17.7 Å². The minimum atomic E-state index is -1.17. The van der Waals surface area contributed by atoms with E-state index in [1.807, 2.05) is 0 Å². The van der Waals surface area contributed by atoms with Gasteiger partial charge in [-0.2, -0.15) is 0 Å². The van der Waals surface area contributed by atoms with Crippen LogP contribution in [0, 0.1) is 5.82 Å². The maximum Gasteiger partial charge on any atom is 0.346 e. The quantitative estimate of drug-likeness (QED) is 0.699. The van der Waals surface area contributed by atoms with Crippen molar-refractivity contribution in [2.45, 2.75) is 6.61 Å². The third-order valence-electron chi connectivity index (χ3n) is 3.52. The van der Waals surface area contributed by atoms with Gasteiger partial charge in [-0.15, -0.1) is 11.3 Å². The minimum absolute atomic E-state index is 0.00933. The van der Waals surface area contributed by atoms with E-state index in [4.69, 9.17) is 22.1 Å². The van der Waals surface area contributed by atoms with E-state index in [0.717, 1.165) is 17.4 Å². The number of amides is 1. The largest absolute Gasteiger partial charge is 0.489 e. The van der Waals surface area contributed by atoms with E-state index in [1.165, 1.54) is 30.3 Å². The lowest BCUT2D eigenvalue weighted by atomic mass is 10.1. The summed E-state index contributed by atoms with van der Waals surface area (Å²) in [5.41, 5.74) is 5.72. The summed E-state index contributed by atoms with van der Waals surface area (Å²) in [7, 11) is 0. The molecule has 1 aromatic heterocycles. The van der Waals surface area contributed by atoms with Crippen molar-refractivity contribution in [3.8, 4) is 5.75 Å². The van der Waals surface area contributed by atoms with Crippen LogP contribution in [-0.4, -0.2) is 17.0 Å². The Labute approximate surface area is 150 Å². The van der Waals surface area contributed by atoms with Crippen molar-refractivity contribution in [2.75, 3.05) is 0 Å². The summed E-state index contributed by atoms with van der Waals surface area (Å²) in [6.45, 7) is -0.143. The number of thiophene rings is 1. The van der Waals surface area contributed by atoms with Crippen LogP contribution in [-0.2, 0) is 6.61 Å². The van der Waals surface area contributed by atoms with Crippen LogP contribution in [0.3, 0.4) is 0 Å². The molecular weight excluding hydrogens is 369 g/mol. The molecule has 2 aromatic carbocycles. The van der Waals surface area contributed by atoms with Gasteiger partial charge in [-0.3, -0.25) is 4.79 Å². The van der Waals surface area contributed by atoms with Crippen molar-refractivity contribution < 1.29 is 23.8 Å². The van der Waals surface area contributed by atoms with Gasteiger partial charge in [0.1, 0.15) is 23.1 Å². The first-order valence-electron chi connectivity index (χ1n) is 7.03. The predicted molar refractivity (Wildman–Crippen MR) is 93.0 cm³/mol. The first kappa shape index (κ1) is 17.2. The Kier molecular flexibility index (Phi) is 4.61. The molecule has 0 radical (unpaired) electrons. The molecule has 0 fully saturated rings. The summed E-state index contributed by atoms with van der Waals surface area (Å²) in [6.07, 6.45) is 0. The van der Waals surface area contributed by atoms with Gasteiger partial charge < -0.3 is 15.6 Å². The van der Waals surface area contributed by atoms with Crippen LogP contribution >= 0.6 is 22.9 Å². The third kappa shape index (κ3) is 3.42. The SMILES string of the molecule is NC(=O)c1ccc(OCc2c(C(=O)O)sc3cc(Cl)cc(F)c23)cc1. The fourth-order valence-corrected chi connectivity index (χ4v) is 3.76. The smallest absolute Gasteiger partial charge is 0.346 e. The lowest BCUT2D eigenvalue weighted by molar-refractivity contribution is 0.0699. The Morgan fingerprint density at radius 3 is 2.52 bits per heavy atom. The summed E-state index contributed by atoms with van der Waals surface area (Å²) in [5, 5.41) is 9.74. The third-order valence-corrected chi connectivity index (χ3v) is 4.91. The number of carboxylic acids is 1. The number of fused-ring (bicyclic) bond motifs is 1. The Morgan fingerprint density at radius 2 is 1.92 bits per heavy atom. The summed E-state index contributed by atoms with van der Waals surface area (Å²) in [6, 6.07) is 8.68. The molecule has 128 valence electrons. The molecule has 8 heteroatoms. The monoisotopic (exact) mass is 379 g/mol. The first-order valence-corrected chi connectivity index (χ1v) is 8.22. The molecule has 1 heterocycles. The molecule has 0 saturated carbocycles. The molecular formula is C17H11ClFNO4S. The van der Waals surface area contributed by atoms with Crippen molar-refractivity contribution >= 4 is 44.9 Å². The van der Waals surface area contributed by atoms with Crippen LogP contribution in [0.5, 0.6) is 5.75 Å². The fourth-order valence-electron chi connectivity index (χ4n) is 2.39. The molecule has 0 unspecified atom stereocenters. The van der Waals surface area contributed by atoms with Gasteiger partial charge in [0, 0.05) is 26.2 Å². The number of ether oxygens (including phenoxy) is 1. The predicted octanol–water partition coefficient (Wildman–Crippen LogP) is 4.07. The van der Waals surface area contributed by atoms with Gasteiger partial charge in [-0.1, -0.05) is 11.6 Å². The summed E-state index contributed by atoms with van der Waals surface area (Å²) < 4.78 is 20.3. The van der Waals surface area contributed by atoms with Crippen molar-refractivity contribution in [3.63, 3.8) is 0 Å². The highest BCUT2D eigenvalue weighted by Gasteiger charge is 2.21. The van der Waals surface area contributed by atoms with E-state index >= 15 is 0 Å². The van der Waals surface area contributed by atoms with E-state index in [-0.39, 0.29) is 27.5 Å². The molecule has 0 atom stereocenters. The number of nitrogens with two attached hydrogens (primary N) is 1. The highest BCUT2D eigenvalue weighted by atomic mass is 35.5. The number of benzene rings is 2. The number of carboxylic acid groups (broad SMARTS) is 1. The Balaban J connectivity index is 1.96. The van der Waals surface area contributed by atoms with Crippen LogP contribution in [0.25, 0.3) is 10.1 Å². The number of carbonyl (C=O) groups is 2. The highest BCUT2D eigenvalue weighted by Crippen LogP contribution is 2.36. The lowest BCUT2D eigenvalue weighted by Crippen LogP contribution is -2.10. The zero-order valence-electron chi connectivity index (χ0n) is 12.6. The molecule has 0 aliphatic carbocycles. The fraction of sp³-hybridized carbons (Fsp3) is 0.0588. The Morgan fingerprint density at radius 1 is 1.24 bits per heavy atom. The van der Waals surface area contributed by atoms with Crippen LogP contribution in [0.4, 0.5) is 4.39 Å².